The number of azo groups is 2. The van der Waals surface area contributed by atoms with Gasteiger partial charge in [-0.15, -0.1) is 0 Å². The molecule has 5 aromatic rings. The molecule has 0 saturated heterocycles. The summed E-state index contributed by atoms with van der Waals surface area (Å²) in [6, 6.07) is 36.7. The van der Waals surface area contributed by atoms with Gasteiger partial charge in [0.2, 0.25) is 5.91 Å². The molecule has 2 aliphatic carbocycles. The van der Waals surface area contributed by atoms with Crippen molar-refractivity contribution in [1.82, 2.24) is 9.55 Å². The van der Waals surface area contributed by atoms with Crippen LogP contribution in [0.1, 0.15) is 105 Å². The van der Waals surface area contributed by atoms with Gasteiger partial charge in [0.05, 0.1) is 12.2 Å². The second-order valence-electron chi connectivity index (χ2n) is 18.2. The number of rotatable bonds is 13. The van der Waals surface area contributed by atoms with Crippen molar-refractivity contribution in [3.05, 3.63) is 172 Å². The summed E-state index contributed by atoms with van der Waals surface area (Å²) in [7, 11) is 0. The predicted octanol–water partition coefficient (Wildman–Crippen LogP) is 9.15. The predicted molar refractivity (Wildman–Crippen MR) is 249 cm³/mol. The van der Waals surface area contributed by atoms with E-state index >= 15 is 0 Å². The van der Waals surface area contributed by atoms with E-state index in [0.717, 1.165) is 73.9 Å². The number of hydrogen-bond donors (Lipinski definition) is 4. The lowest BCUT2D eigenvalue weighted by atomic mass is 9.91. The third-order valence-corrected chi connectivity index (χ3v) is 13.7. The molecule has 64 heavy (non-hydrogen) atoms. The van der Waals surface area contributed by atoms with Crippen molar-refractivity contribution in [2.24, 2.45) is 28.8 Å². The number of carbonyl (C=O) groups excluding carboxylic acids is 2. The van der Waals surface area contributed by atoms with Crippen LogP contribution in [-0.2, 0) is 28.9 Å². The van der Waals surface area contributed by atoms with E-state index in [1.54, 1.807) is 4.70 Å². The van der Waals surface area contributed by atoms with Crippen LogP contribution in [-0.4, -0.2) is 48.4 Å². The molecular formula is C53H61N6O5+. The van der Waals surface area contributed by atoms with Gasteiger partial charge in [0.1, 0.15) is 17.9 Å². The number of aliphatic hydroxyl groups is 2. The molecular weight excluding hydrogens is 801 g/mol. The maximum Gasteiger partial charge on any atom is 0.295 e. The summed E-state index contributed by atoms with van der Waals surface area (Å²) in [5.74, 6) is 2.22. The highest BCUT2D eigenvalue weighted by molar-refractivity contribution is 5.94. The molecule has 2 aliphatic heterocycles. The van der Waals surface area contributed by atoms with E-state index in [4.69, 9.17) is 0 Å². The third kappa shape index (κ3) is 11.0. The molecule has 4 aromatic carbocycles. The van der Waals surface area contributed by atoms with Gasteiger partial charge in [-0.2, -0.15) is 0 Å². The minimum absolute atomic E-state index is 0.0659. The Kier molecular flexibility index (Phi) is 14.4. The van der Waals surface area contributed by atoms with E-state index in [1.165, 1.54) is 28.0 Å². The van der Waals surface area contributed by atoms with Gasteiger partial charge < -0.3 is 20.8 Å². The number of aliphatic hydroxyl groups excluding tert-OH is 2. The van der Waals surface area contributed by atoms with Gasteiger partial charge in [0.15, 0.2) is 6.20 Å². The summed E-state index contributed by atoms with van der Waals surface area (Å²) >= 11 is 0. The largest absolute Gasteiger partial charge is 0.388 e. The number of aromatic nitrogens is 2. The highest BCUT2D eigenvalue weighted by Gasteiger charge is 2.33. The Bertz CT molecular complexity index is 2470. The molecule has 2 unspecified atom stereocenters. The zero-order chi connectivity index (χ0) is 44.6. The fourth-order valence-corrected chi connectivity index (χ4v) is 10.1. The molecule has 1 aromatic heterocycles. The molecule has 2 fully saturated rings. The molecule has 2 amide bonds. The van der Waals surface area contributed by atoms with Crippen LogP contribution in [0.25, 0.3) is 0 Å². The number of benzene rings is 4. The van der Waals surface area contributed by atoms with Crippen LogP contribution < -0.4 is 16.2 Å². The smallest absolute Gasteiger partial charge is 0.295 e. The van der Waals surface area contributed by atoms with Crippen molar-refractivity contribution in [1.29, 1.82) is 0 Å². The molecule has 0 radical (unpaired) electrons. The Balaban J connectivity index is 0.000000175. The summed E-state index contributed by atoms with van der Waals surface area (Å²) in [6.45, 7) is 3.85. The van der Waals surface area contributed by atoms with Gasteiger partial charge in [0.25, 0.3) is 17.5 Å². The first-order valence-corrected chi connectivity index (χ1v) is 23.1. The van der Waals surface area contributed by atoms with Gasteiger partial charge in [-0.25, -0.2) is 4.98 Å². The lowest BCUT2D eigenvalue weighted by Gasteiger charge is -2.19. The molecule has 2 saturated carbocycles. The molecule has 11 nitrogen and oxygen atoms in total. The van der Waals surface area contributed by atoms with E-state index in [1.807, 2.05) is 111 Å². The number of fused-ring (bicyclic) bond motifs is 1. The van der Waals surface area contributed by atoms with E-state index in [-0.39, 0.29) is 35.6 Å². The zero-order valence-electron chi connectivity index (χ0n) is 36.9. The molecule has 4 N–H and O–H groups in total. The van der Waals surface area contributed by atoms with Crippen LogP contribution in [0.2, 0.25) is 0 Å². The van der Waals surface area contributed by atoms with E-state index in [9.17, 15) is 24.6 Å². The Morgan fingerprint density at radius 2 is 1.25 bits per heavy atom. The van der Waals surface area contributed by atoms with E-state index in [2.05, 4.69) is 45.0 Å². The van der Waals surface area contributed by atoms with Gasteiger partial charge in [-0.3, -0.25) is 19.0 Å². The minimum atomic E-state index is -0.507. The zero-order valence-corrected chi connectivity index (χ0v) is 36.9. The Morgan fingerprint density at radius 1 is 0.719 bits per heavy atom. The average Bonchev–Trinajstić information content (AvgIpc) is 4.16. The highest BCUT2D eigenvalue weighted by atomic mass is 16.3. The molecule has 4 aliphatic rings. The van der Waals surface area contributed by atoms with Crippen molar-refractivity contribution < 1.29 is 24.5 Å². The van der Waals surface area contributed by atoms with Crippen molar-refractivity contribution in [3.63, 3.8) is 0 Å². The van der Waals surface area contributed by atoms with Crippen LogP contribution in [0, 0.1) is 23.7 Å². The van der Waals surface area contributed by atoms with Gasteiger partial charge in [0, 0.05) is 43.1 Å². The summed E-state index contributed by atoms with van der Waals surface area (Å²) in [5, 5.41) is 31.8. The fraction of sp³-hybridized carbons (Fsp3) is 0.396. The van der Waals surface area contributed by atoms with Crippen molar-refractivity contribution in [2.45, 2.75) is 108 Å². The van der Waals surface area contributed by atoms with Crippen LogP contribution in [0.3, 0.4) is 0 Å². The molecule has 3 heterocycles. The minimum Gasteiger partial charge on any atom is -0.388 e. The number of nitrogens with zero attached hydrogens (tertiary/aromatic N) is 4. The monoisotopic (exact) mass is 861 g/mol. The lowest BCUT2D eigenvalue weighted by Crippen LogP contribution is -2.32. The van der Waals surface area contributed by atoms with Crippen molar-refractivity contribution in [2.75, 3.05) is 10.6 Å². The molecule has 0 bridgehead atoms. The van der Waals surface area contributed by atoms with Gasteiger partial charge >= 0.3 is 0 Å². The standard InChI is InChI=1S/C27H29N3O3.C26H31N3O2/c31-25-14-15-28-24-13-12-23(30(24)25)27(33)29-22-10-7-18(8-11-22)16-19-6-9-21(17-19)26(32)20-4-2-1-3-5-20;1-18-14-15-29(28-18)19(2)26(31)27-24-12-9-20(10-13-24)16-21-8-11-23(17-21)25(30)22-6-4-3-5-7-22/h1-5,7-8,10-11,14-15,19,21,23,26,32H,6,9,12-13,16-17H2,(H,29,33);3-7,9-10,12-15,18-19,21,23,25,30H,8,11,16-17H2,1-2H3/p+1/t19-,21-,23-,26+;18?,19-,21?,23-,25+/m00/s1. The van der Waals surface area contributed by atoms with Crippen LogP contribution in [0.4, 0.5) is 11.4 Å². The summed E-state index contributed by atoms with van der Waals surface area (Å²) in [5.41, 5.74) is 5.90. The van der Waals surface area contributed by atoms with E-state index < -0.39 is 12.1 Å². The Labute approximate surface area is 376 Å². The fourth-order valence-electron chi connectivity index (χ4n) is 10.1. The SMILES string of the molecule is CC1C=C[N+]([C@@H](C)C(=O)Nc2ccc(CC3CC[C@H]([C@H](O)c4ccccc4)C3)cc2)=N1.O=C(Nc1ccc(C[C@@H]2CC[C@H]([C@H](O)c3ccccc3)C2)cc1)[C@@H]1CCc2nccc(=O)n21. The first-order valence-electron chi connectivity index (χ1n) is 23.1. The summed E-state index contributed by atoms with van der Waals surface area (Å²) < 4.78 is 3.22. The number of aryl methyl sites for hydroxylation is 1. The molecule has 9 atom stereocenters. The summed E-state index contributed by atoms with van der Waals surface area (Å²) in [6.07, 6.45) is 14.3. The second kappa shape index (κ2) is 20.6. The molecule has 332 valence electrons. The summed E-state index contributed by atoms with van der Waals surface area (Å²) in [4.78, 5) is 41.7. The molecule has 11 heteroatoms. The van der Waals surface area contributed by atoms with Gasteiger partial charge in [-0.1, -0.05) is 89.6 Å². The third-order valence-electron chi connectivity index (χ3n) is 13.7. The van der Waals surface area contributed by atoms with Crippen molar-refractivity contribution >= 4 is 23.2 Å². The molecule has 0 spiro atoms. The number of amides is 2. The topological polar surface area (TPSA) is 149 Å². The maximum atomic E-state index is 12.8. The maximum absolute atomic E-state index is 12.8. The van der Waals surface area contributed by atoms with Crippen LogP contribution in [0.5, 0.6) is 0 Å². The second-order valence-corrected chi connectivity index (χ2v) is 18.2. The number of nitrogens with one attached hydrogen (secondary N) is 2. The Hall–Kier alpha value is -6.04. The highest BCUT2D eigenvalue weighted by Crippen LogP contribution is 2.42. The average molecular weight is 862 g/mol. The first kappa shape index (κ1) is 44.6. The van der Waals surface area contributed by atoms with E-state index in [0.29, 0.717) is 42.3 Å². The quantitative estimate of drug-likeness (QED) is 0.0869. The lowest BCUT2D eigenvalue weighted by molar-refractivity contribution is -0.545. The first-order chi connectivity index (χ1) is 31.1. The number of carbonyl (C=O) groups is 2. The van der Waals surface area contributed by atoms with Crippen LogP contribution >= 0.6 is 0 Å². The number of anilines is 2. The Morgan fingerprint density at radius 3 is 1.77 bits per heavy atom. The van der Waals surface area contributed by atoms with Crippen molar-refractivity contribution in [3.8, 4) is 0 Å². The van der Waals surface area contributed by atoms with Crippen LogP contribution in [0.15, 0.2) is 144 Å². The normalized spacial score (nSPS) is 23.6. The molecule has 9 rings (SSSR count). The number of hydrogen-bond acceptors (Lipinski definition) is 7. The van der Waals surface area contributed by atoms with Gasteiger partial charge in [-0.05, 0) is 140 Å².